The first-order valence-corrected chi connectivity index (χ1v) is 36.2. The van der Waals surface area contributed by atoms with Crippen molar-refractivity contribution in [1.29, 1.82) is 0 Å². The van der Waals surface area contributed by atoms with Gasteiger partial charge in [-0.05, 0) is 183 Å². The maximum atomic E-state index is 7.08. The van der Waals surface area contributed by atoms with E-state index in [1.165, 1.54) is 116 Å². The first-order valence-electron chi connectivity index (χ1n) is 36.2. The van der Waals surface area contributed by atoms with Crippen LogP contribution in [0, 0.1) is 6.57 Å². The van der Waals surface area contributed by atoms with Crippen LogP contribution in [0.5, 0.6) is 0 Å². The van der Waals surface area contributed by atoms with Crippen LogP contribution in [0.3, 0.4) is 0 Å². The Balaban J connectivity index is 0.000000159. The smallest absolute Gasteiger partial charge is 0.187 e. The number of hydrogen-bond donors (Lipinski definition) is 0. The third-order valence-corrected chi connectivity index (χ3v) is 18.9. The van der Waals surface area contributed by atoms with Gasteiger partial charge in [0, 0.05) is 104 Å². The van der Waals surface area contributed by atoms with E-state index >= 15 is 0 Å². The van der Waals surface area contributed by atoms with Gasteiger partial charge in [0.05, 0.1) is 6.57 Å². The SMILES string of the molecule is CC(C)(C)c1ccc2c(c1)c1ccccc1n2C(C)(C)C.CC(C)(C)c1ccc2c3ccccc3n(C(C)(C)C)c2c1.CC(C)(C)c1cccc(C(C)(C)C)n1.CC(C)(C)c1cccc2c1c1ccccc1n2C(C)(C)C.[C-]#[N+]c1ccc(-c2cc(C(C)(C)C)cc(C(C)(C)C)c2)cc1. The van der Waals surface area contributed by atoms with Crippen LogP contribution in [-0.2, 0) is 54.5 Å². The maximum Gasteiger partial charge on any atom is 0.187 e. The van der Waals surface area contributed by atoms with Crippen molar-refractivity contribution in [3.63, 3.8) is 0 Å². The Labute approximate surface area is 598 Å². The largest absolute Gasteiger partial charge is 0.335 e. The number of fused-ring (bicyclic) bond motifs is 9. The predicted octanol–water partition coefficient (Wildman–Crippen LogP) is 27.7. The molecule has 522 valence electrons. The van der Waals surface area contributed by atoms with Gasteiger partial charge in [-0.25, -0.2) is 4.85 Å². The van der Waals surface area contributed by atoms with E-state index in [4.69, 9.17) is 11.6 Å². The molecule has 4 heterocycles. The standard InChI is InChI=1S/C21H25N.3C20H25N.C13H21N/c1-20(2,3)17-12-16(13-18(14-17)21(4,5)6)15-8-10-19(22-7)11-9-15;1-19(2,3)15-11-9-13-17-18(15)14-10-7-8-12-16(14)21(17)20(4,5)6;1-19(2,3)14-11-12-18-16(13-14)15-9-7-8-10-17(15)21(18)20(4,5)6;1-19(2,3)14-11-12-16-15-9-7-8-10-17(15)21(18(16)13-14)20(4,5)6;1-12(2,3)10-8-7-9-11(14-10)13(4,5)6/h8-14H,1-6H3;3*7-13H,1-6H3;7-9H,1-6H3. The molecule has 4 aromatic heterocycles. The number of rotatable bonds is 1. The van der Waals surface area contributed by atoms with E-state index in [1.807, 2.05) is 24.3 Å². The minimum absolute atomic E-state index is 0.0673. The molecule has 8 aromatic carbocycles. The molecule has 12 aromatic rings. The molecule has 0 aliphatic carbocycles. The predicted molar refractivity (Wildman–Crippen MR) is 437 cm³/mol. The Morgan fingerprint density at radius 2 is 0.626 bits per heavy atom. The topological polar surface area (TPSA) is 32.0 Å². The van der Waals surface area contributed by atoms with Gasteiger partial charge in [0.15, 0.2) is 5.69 Å². The van der Waals surface area contributed by atoms with E-state index in [0.29, 0.717) is 5.69 Å². The van der Waals surface area contributed by atoms with Crippen molar-refractivity contribution in [2.75, 3.05) is 0 Å². The van der Waals surface area contributed by atoms with Gasteiger partial charge in [-0.15, -0.1) is 0 Å². The summed E-state index contributed by atoms with van der Waals surface area (Å²) < 4.78 is 7.42. The summed E-state index contributed by atoms with van der Waals surface area (Å²) in [6, 6.07) is 68.0. The van der Waals surface area contributed by atoms with Crippen LogP contribution in [0.15, 0.2) is 188 Å². The molecule has 0 saturated carbocycles. The van der Waals surface area contributed by atoms with E-state index in [1.54, 1.807) is 0 Å². The lowest BCUT2D eigenvalue weighted by Crippen LogP contribution is -2.21. The highest BCUT2D eigenvalue weighted by atomic mass is 15.1. The zero-order valence-corrected chi connectivity index (χ0v) is 66.6. The summed E-state index contributed by atoms with van der Waals surface area (Å²) in [6.45, 7) is 74.8. The van der Waals surface area contributed by atoms with Crippen LogP contribution in [0.2, 0.25) is 0 Å². The van der Waals surface area contributed by atoms with Crippen LogP contribution < -0.4 is 0 Å². The lowest BCUT2D eigenvalue weighted by Gasteiger charge is -2.26. The molecule has 99 heavy (non-hydrogen) atoms. The highest BCUT2D eigenvalue weighted by molar-refractivity contribution is 6.11. The molecular formula is C94H121N5. The number of aromatic nitrogens is 4. The molecule has 0 atom stereocenters. The van der Waals surface area contributed by atoms with Gasteiger partial charge in [-0.2, -0.15) is 0 Å². The van der Waals surface area contributed by atoms with Crippen molar-refractivity contribution < 1.29 is 0 Å². The molecule has 0 saturated heterocycles. The number of pyridine rings is 1. The fourth-order valence-electron chi connectivity index (χ4n) is 13.3. The van der Waals surface area contributed by atoms with Gasteiger partial charge in [0.2, 0.25) is 0 Å². The average Bonchev–Trinajstić information content (AvgIpc) is 1.59. The zero-order chi connectivity index (χ0) is 73.8. The molecule has 12 rings (SSSR count). The summed E-state index contributed by atoms with van der Waals surface area (Å²) in [5.41, 5.74) is 21.6. The van der Waals surface area contributed by atoms with Crippen molar-refractivity contribution in [2.24, 2.45) is 0 Å². The second kappa shape index (κ2) is 27.7. The molecule has 0 unspecified atom stereocenters. The fourth-order valence-corrected chi connectivity index (χ4v) is 13.3. The van der Waals surface area contributed by atoms with Gasteiger partial charge in [-0.3, -0.25) is 4.98 Å². The van der Waals surface area contributed by atoms with E-state index < -0.39 is 0 Å². The first kappa shape index (κ1) is 76.6. The molecule has 0 aliphatic rings. The van der Waals surface area contributed by atoms with Gasteiger partial charge < -0.3 is 13.7 Å². The highest BCUT2D eigenvalue weighted by Crippen LogP contribution is 2.42. The molecule has 5 heteroatoms. The summed E-state index contributed by atoms with van der Waals surface area (Å²) >= 11 is 0. The van der Waals surface area contributed by atoms with Gasteiger partial charge >= 0.3 is 0 Å². The van der Waals surface area contributed by atoms with Crippen LogP contribution in [-0.4, -0.2) is 18.7 Å². The van der Waals surface area contributed by atoms with Crippen molar-refractivity contribution in [3.8, 4) is 11.1 Å². The van der Waals surface area contributed by atoms with E-state index in [-0.39, 0.29) is 54.5 Å². The third-order valence-electron chi connectivity index (χ3n) is 18.9. The summed E-state index contributed by atoms with van der Waals surface area (Å²) in [4.78, 5) is 8.18. The molecule has 5 nitrogen and oxygen atoms in total. The van der Waals surface area contributed by atoms with Crippen molar-refractivity contribution >= 4 is 71.1 Å². The van der Waals surface area contributed by atoms with Crippen molar-refractivity contribution in [1.82, 2.24) is 18.7 Å². The number of nitrogens with zero attached hydrogens (tertiary/aromatic N) is 5. The summed E-state index contributed by atoms with van der Waals surface area (Å²) in [7, 11) is 0. The van der Waals surface area contributed by atoms with Gasteiger partial charge in [0.1, 0.15) is 0 Å². The summed E-state index contributed by atoms with van der Waals surface area (Å²) in [6.07, 6.45) is 0. The average molecular weight is 1320 g/mol. The molecular weight excluding hydrogens is 1200 g/mol. The monoisotopic (exact) mass is 1320 g/mol. The quantitative estimate of drug-likeness (QED) is 0.151. The summed E-state index contributed by atoms with van der Waals surface area (Å²) in [5, 5.41) is 8.21. The minimum Gasteiger partial charge on any atom is -0.335 e. The Morgan fingerprint density at radius 3 is 1.06 bits per heavy atom. The lowest BCUT2D eigenvalue weighted by molar-refractivity contribution is 0.422. The highest BCUT2D eigenvalue weighted by Gasteiger charge is 2.28. The van der Waals surface area contributed by atoms with E-state index in [2.05, 4.69) is 390 Å². The molecule has 0 spiro atoms. The minimum atomic E-state index is 0.0673. The zero-order valence-electron chi connectivity index (χ0n) is 66.6. The Kier molecular flexibility index (Phi) is 21.4. The Hall–Kier alpha value is -8.20. The fraction of sp³-hybridized carbons (Fsp3) is 0.426. The second-order valence-corrected chi connectivity index (χ2v) is 37.8. The molecule has 0 N–H and O–H groups in total. The molecule has 0 fully saturated rings. The lowest BCUT2D eigenvalue weighted by atomic mass is 9.79. The van der Waals surface area contributed by atoms with Gasteiger partial charge in [0.25, 0.3) is 0 Å². The van der Waals surface area contributed by atoms with Gasteiger partial charge in [-0.1, -0.05) is 279 Å². The first-order chi connectivity index (χ1) is 45.4. The van der Waals surface area contributed by atoms with Crippen LogP contribution >= 0.6 is 0 Å². The van der Waals surface area contributed by atoms with Crippen molar-refractivity contribution in [2.45, 2.75) is 262 Å². The van der Waals surface area contributed by atoms with E-state index in [9.17, 15) is 0 Å². The second-order valence-electron chi connectivity index (χ2n) is 37.8. The molecule has 0 radical (unpaired) electrons. The number of para-hydroxylation sites is 3. The maximum absolute atomic E-state index is 7.08. The van der Waals surface area contributed by atoms with Crippen LogP contribution in [0.4, 0.5) is 5.69 Å². The molecule has 0 amide bonds. The van der Waals surface area contributed by atoms with Crippen LogP contribution in [0.25, 0.3) is 81.4 Å². The number of hydrogen-bond acceptors (Lipinski definition) is 1. The normalized spacial score (nSPS) is 12.9. The van der Waals surface area contributed by atoms with Crippen LogP contribution in [0.1, 0.15) is 247 Å². The third kappa shape index (κ3) is 17.5. The van der Waals surface area contributed by atoms with E-state index in [0.717, 1.165) is 0 Å². The Morgan fingerprint density at radius 1 is 0.263 bits per heavy atom. The van der Waals surface area contributed by atoms with Crippen molar-refractivity contribution in [3.05, 3.63) is 239 Å². The Bertz CT molecular complexity index is 4770. The summed E-state index contributed by atoms with van der Waals surface area (Å²) in [5.74, 6) is 0. The molecule has 0 bridgehead atoms. The molecule has 0 aliphatic heterocycles. The number of benzene rings is 8.